The molecular formula is C19H25NO3. The minimum atomic E-state index is -0.557. The molecule has 4 heteroatoms. The Labute approximate surface area is 138 Å². The number of esters is 1. The zero-order valence-corrected chi connectivity index (χ0v) is 14.2. The molecule has 1 aromatic rings. The van der Waals surface area contributed by atoms with Gasteiger partial charge in [-0.1, -0.05) is 45.2 Å². The molecule has 0 spiro atoms. The highest BCUT2D eigenvalue weighted by molar-refractivity contribution is 5.97. The van der Waals surface area contributed by atoms with Crippen LogP contribution in [-0.2, 0) is 9.53 Å². The third-order valence-corrected chi connectivity index (χ3v) is 3.76. The standard InChI is InChI=1S/C19H25NO3/c1-4-6-7-15(5-2)14-23-19(21)17(13-20)12-16-8-10-18(22-3)11-9-16/h8-12,15H,4-7,14H2,1-3H3. The summed E-state index contributed by atoms with van der Waals surface area (Å²) < 4.78 is 10.4. The van der Waals surface area contributed by atoms with Crippen LogP contribution in [0.4, 0.5) is 0 Å². The van der Waals surface area contributed by atoms with Crippen molar-refractivity contribution in [1.82, 2.24) is 0 Å². The lowest BCUT2D eigenvalue weighted by Crippen LogP contribution is -2.14. The van der Waals surface area contributed by atoms with Crippen molar-refractivity contribution in [2.24, 2.45) is 5.92 Å². The zero-order chi connectivity index (χ0) is 17.1. The van der Waals surface area contributed by atoms with E-state index in [1.807, 2.05) is 6.07 Å². The van der Waals surface area contributed by atoms with E-state index in [4.69, 9.17) is 9.47 Å². The minimum absolute atomic E-state index is 0.0144. The van der Waals surface area contributed by atoms with Gasteiger partial charge in [0.2, 0.25) is 0 Å². The van der Waals surface area contributed by atoms with Gasteiger partial charge in [0.05, 0.1) is 13.7 Å². The summed E-state index contributed by atoms with van der Waals surface area (Å²) in [4.78, 5) is 12.1. The van der Waals surface area contributed by atoms with Crippen LogP contribution in [0.5, 0.6) is 5.75 Å². The minimum Gasteiger partial charge on any atom is -0.497 e. The molecule has 124 valence electrons. The summed E-state index contributed by atoms with van der Waals surface area (Å²) in [5.41, 5.74) is 0.776. The highest BCUT2D eigenvalue weighted by atomic mass is 16.5. The second kappa shape index (κ2) is 10.4. The van der Waals surface area contributed by atoms with Crippen molar-refractivity contribution in [3.05, 3.63) is 35.4 Å². The summed E-state index contributed by atoms with van der Waals surface area (Å²) in [6, 6.07) is 9.07. The molecule has 0 fully saturated rings. The molecule has 0 heterocycles. The van der Waals surface area contributed by atoms with E-state index in [0.717, 1.165) is 37.0 Å². The van der Waals surface area contributed by atoms with Crippen molar-refractivity contribution < 1.29 is 14.3 Å². The van der Waals surface area contributed by atoms with Crippen LogP contribution in [0.2, 0.25) is 0 Å². The molecule has 0 amide bonds. The van der Waals surface area contributed by atoms with Gasteiger partial charge in [-0.25, -0.2) is 4.79 Å². The molecule has 0 bridgehead atoms. The lowest BCUT2D eigenvalue weighted by molar-refractivity contribution is -0.139. The van der Waals surface area contributed by atoms with Crippen LogP contribution in [0.25, 0.3) is 6.08 Å². The van der Waals surface area contributed by atoms with Gasteiger partial charge in [-0.2, -0.15) is 5.26 Å². The number of hydrogen-bond acceptors (Lipinski definition) is 4. The normalized spacial score (nSPS) is 12.3. The molecule has 0 aliphatic carbocycles. The Morgan fingerprint density at radius 2 is 2.00 bits per heavy atom. The van der Waals surface area contributed by atoms with Gasteiger partial charge in [0.15, 0.2) is 0 Å². The van der Waals surface area contributed by atoms with Gasteiger partial charge >= 0.3 is 5.97 Å². The van der Waals surface area contributed by atoms with E-state index >= 15 is 0 Å². The van der Waals surface area contributed by atoms with Crippen molar-refractivity contribution in [2.45, 2.75) is 39.5 Å². The number of nitrogens with zero attached hydrogens (tertiary/aromatic N) is 1. The number of rotatable bonds is 9. The lowest BCUT2D eigenvalue weighted by atomic mass is 10.0. The number of unbranched alkanes of at least 4 members (excludes halogenated alkanes) is 1. The summed E-state index contributed by atoms with van der Waals surface area (Å²) >= 11 is 0. The van der Waals surface area contributed by atoms with Crippen LogP contribution >= 0.6 is 0 Å². The summed E-state index contributed by atoms with van der Waals surface area (Å²) in [6.07, 6.45) is 5.81. The van der Waals surface area contributed by atoms with E-state index in [1.54, 1.807) is 31.4 Å². The summed E-state index contributed by atoms with van der Waals surface area (Å²) in [6.45, 7) is 4.60. The molecule has 1 atom stereocenters. The molecule has 0 saturated carbocycles. The fraction of sp³-hybridized carbons (Fsp3) is 0.474. The Hall–Kier alpha value is -2.28. The third-order valence-electron chi connectivity index (χ3n) is 3.76. The summed E-state index contributed by atoms with van der Waals surface area (Å²) in [7, 11) is 1.59. The summed E-state index contributed by atoms with van der Waals surface area (Å²) in [5, 5.41) is 9.18. The van der Waals surface area contributed by atoms with Crippen molar-refractivity contribution in [1.29, 1.82) is 5.26 Å². The number of benzene rings is 1. The van der Waals surface area contributed by atoms with Gasteiger partial charge in [-0.3, -0.25) is 0 Å². The molecule has 0 N–H and O–H groups in total. The van der Waals surface area contributed by atoms with Crippen molar-refractivity contribution >= 4 is 12.0 Å². The van der Waals surface area contributed by atoms with Crippen LogP contribution in [0.1, 0.15) is 45.1 Å². The molecule has 0 radical (unpaired) electrons. The molecule has 1 aromatic carbocycles. The number of carbonyl (C=O) groups is 1. The number of nitriles is 1. The molecule has 1 rings (SSSR count). The summed E-state index contributed by atoms with van der Waals surface area (Å²) in [5.74, 6) is 0.531. The first-order valence-corrected chi connectivity index (χ1v) is 8.07. The molecule has 0 saturated heterocycles. The molecule has 23 heavy (non-hydrogen) atoms. The maximum atomic E-state index is 12.1. The highest BCUT2D eigenvalue weighted by Gasteiger charge is 2.14. The first-order valence-electron chi connectivity index (χ1n) is 8.07. The molecule has 1 unspecified atom stereocenters. The average Bonchev–Trinajstić information content (AvgIpc) is 2.60. The van der Waals surface area contributed by atoms with Crippen LogP contribution in [0.15, 0.2) is 29.8 Å². The zero-order valence-electron chi connectivity index (χ0n) is 14.2. The van der Waals surface area contributed by atoms with Gasteiger partial charge in [-0.05, 0) is 36.1 Å². The van der Waals surface area contributed by atoms with Gasteiger partial charge in [0.1, 0.15) is 17.4 Å². The Morgan fingerprint density at radius 3 is 2.52 bits per heavy atom. The van der Waals surface area contributed by atoms with E-state index in [9.17, 15) is 10.1 Å². The topological polar surface area (TPSA) is 59.3 Å². The second-order valence-corrected chi connectivity index (χ2v) is 5.46. The quantitative estimate of drug-likeness (QED) is 0.386. The lowest BCUT2D eigenvalue weighted by Gasteiger charge is -2.14. The molecule has 0 aromatic heterocycles. The van der Waals surface area contributed by atoms with E-state index in [-0.39, 0.29) is 5.57 Å². The van der Waals surface area contributed by atoms with Crippen molar-refractivity contribution in [2.75, 3.05) is 13.7 Å². The third kappa shape index (κ3) is 6.56. The van der Waals surface area contributed by atoms with E-state index in [2.05, 4.69) is 13.8 Å². The Balaban J connectivity index is 2.66. The van der Waals surface area contributed by atoms with E-state index in [0.29, 0.717) is 12.5 Å². The second-order valence-electron chi connectivity index (χ2n) is 5.46. The largest absolute Gasteiger partial charge is 0.497 e. The average molecular weight is 315 g/mol. The maximum Gasteiger partial charge on any atom is 0.348 e. The van der Waals surface area contributed by atoms with Crippen molar-refractivity contribution in [3.8, 4) is 11.8 Å². The molecule has 4 nitrogen and oxygen atoms in total. The Bertz CT molecular complexity index is 555. The number of carbonyl (C=O) groups excluding carboxylic acids is 1. The SMILES string of the molecule is CCCCC(CC)COC(=O)C(C#N)=Cc1ccc(OC)cc1. The maximum absolute atomic E-state index is 12.1. The molecule has 0 aliphatic rings. The first-order chi connectivity index (χ1) is 11.1. The van der Waals surface area contributed by atoms with Crippen molar-refractivity contribution in [3.63, 3.8) is 0 Å². The van der Waals surface area contributed by atoms with Crippen LogP contribution in [0.3, 0.4) is 0 Å². The fourth-order valence-corrected chi connectivity index (χ4v) is 2.17. The van der Waals surface area contributed by atoms with E-state index < -0.39 is 5.97 Å². The predicted molar refractivity (Wildman–Crippen MR) is 90.8 cm³/mol. The first kappa shape index (κ1) is 18.8. The monoisotopic (exact) mass is 315 g/mol. The Kier molecular flexibility index (Phi) is 8.52. The number of hydrogen-bond donors (Lipinski definition) is 0. The van der Waals surface area contributed by atoms with Gasteiger partial charge in [0, 0.05) is 0 Å². The van der Waals surface area contributed by atoms with Gasteiger partial charge in [-0.15, -0.1) is 0 Å². The van der Waals surface area contributed by atoms with Gasteiger partial charge in [0.25, 0.3) is 0 Å². The highest BCUT2D eigenvalue weighted by Crippen LogP contribution is 2.16. The van der Waals surface area contributed by atoms with Crippen LogP contribution in [-0.4, -0.2) is 19.7 Å². The van der Waals surface area contributed by atoms with Crippen LogP contribution in [0, 0.1) is 17.2 Å². The Morgan fingerprint density at radius 1 is 1.30 bits per heavy atom. The smallest absolute Gasteiger partial charge is 0.348 e. The number of ether oxygens (including phenoxy) is 2. The van der Waals surface area contributed by atoms with E-state index in [1.165, 1.54) is 6.08 Å². The number of methoxy groups -OCH3 is 1. The van der Waals surface area contributed by atoms with Crippen LogP contribution < -0.4 is 4.74 Å². The van der Waals surface area contributed by atoms with Gasteiger partial charge < -0.3 is 9.47 Å². The predicted octanol–water partition coefficient (Wildman–Crippen LogP) is 4.36. The molecular weight excluding hydrogens is 290 g/mol. The fourth-order valence-electron chi connectivity index (χ4n) is 2.17. The molecule has 0 aliphatic heterocycles.